The molecule has 1 aromatic rings. The third-order valence-electron chi connectivity index (χ3n) is 2.54. The highest BCUT2D eigenvalue weighted by Gasteiger charge is 2.09. The number of benzene rings is 1. The van der Waals surface area contributed by atoms with Crippen LogP contribution in [0.3, 0.4) is 0 Å². The lowest BCUT2D eigenvalue weighted by Crippen LogP contribution is -2.20. The Hall–Kier alpha value is -1.30. The molecule has 0 radical (unpaired) electrons. The van der Waals surface area contributed by atoms with Crippen LogP contribution in [0.25, 0.3) is 0 Å². The maximum atomic E-state index is 8.58. The van der Waals surface area contributed by atoms with E-state index >= 15 is 0 Å². The van der Waals surface area contributed by atoms with Crippen LogP contribution in [0.2, 0.25) is 0 Å². The predicted molar refractivity (Wildman–Crippen MR) is 73.8 cm³/mol. The summed E-state index contributed by atoms with van der Waals surface area (Å²) in [6.07, 6.45) is 0. The normalized spacial score (nSPS) is 10.5. The van der Waals surface area contributed by atoms with E-state index in [4.69, 9.17) is 19.3 Å². The van der Waals surface area contributed by atoms with E-state index in [-0.39, 0.29) is 6.61 Å². The molecule has 0 aliphatic carbocycles. The first-order valence-corrected chi connectivity index (χ1v) is 6.51. The predicted octanol–water partition coefficient (Wildman–Crippen LogP) is 1.19. The molecule has 2 N–H and O–H groups in total. The number of hydrogen-bond donors (Lipinski definition) is 2. The molecule has 0 amide bonds. The van der Waals surface area contributed by atoms with E-state index in [1.54, 1.807) is 7.11 Å². The summed E-state index contributed by atoms with van der Waals surface area (Å²) in [4.78, 5) is 0. The van der Waals surface area contributed by atoms with Gasteiger partial charge in [-0.2, -0.15) is 0 Å². The Morgan fingerprint density at radius 2 is 2.11 bits per heavy atom. The van der Waals surface area contributed by atoms with Crippen LogP contribution in [0.1, 0.15) is 12.5 Å². The molecule has 0 heterocycles. The van der Waals surface area contributed by atoms with E-state index in [0.717, 1.165) is 23.6 Å². The highest BCUT2D eigenvalue weighted by Crippen LogP contribution is 2.30. The fourth-order valence-electron chi connectivity index (χ4n) is 1.70. The summed E-state index contributed by atoms with van der Waals surface area (Å²) in [7, 11) is 1.64. The van der Waals surface area contributed by atoms with Crippen molar-refractivity contribution in [2.75, 3.05) is 40.1 Å². The molecule has 1 aromatic carbocycles. The Kier molecular flexibility index (Phi) is 7.97. The van der Waals surface area contributed by atoms with E-state index in [2.05, 4.69) is 5.32 Å². The van der Waals surface area contributed by atoms with Crippen LogP contribution in [0, 0.1) is 0 Å². The van der Waals surface area contributed by atoms with Crippen molar-refractivity contribution < 1.29 is 19.3 Å². The van der Waals surface area contributed by atoms with Gasteiger partial charge in [-0.05, 0) is 13.0 Å². The van der Waals surface area contributed by atoms with E-state index in [1.165, 1.54) is 0 Å². The second-order valence-corrected chi connectivity index (χ2v) is 3.89. The van der Waals surface area contributed by atoms with Gasteiger partial charge in [-0.25, -0.2) is 0 Å². The molecule has 0 atom stereocenters. The fraction of sp³-hybridized carbons (Fsp3) is 0.571. The van der Waals surface area contributed by atoms with Crippen molar-refractivity contribution in [1.29, 1.82) is 0 Å². The lowest BCUT2D eigenvalue weighted by molar-refractivity contribution is 0.0937. The van der Waals surface area contributed by atoms with Crippen molar-refractivity contribution in [2.24, 2.45) is 0 Å². The molecule has 0 aliphatic rings. The topological polar surface area (TPSA) is 60.0 Å². The number of para-hydroxylation sites is 1. The molecule has 0 aliphatic heterocycles. The van der Waals surface area contributed by atoms with Crippen molar-refractivity contribution in [1.82, 2.24) is 5.32 Å². The molecule has 0 aromatic heterocycles. The first-order valence-electron chi connectivity index (χ1n) is 6.51. The Morgan fingerprint density at radius 1 is 1.26 bits per heavy atom. The molecule has 0 bridgehead atoms. The first-order chi connectivity index (χ1) is 9.33. The zero-order valence-electron chi connectivity index (χ0n) is 11.6. The maximum absolute atomic E-state index is 8.58. The third-order valence-corrected chi connectivity index (χ3v) is 2.54. The Balaban J connectivity index is 2.47. The highest BCUT2D eigenvalue weighted by atomic mass is 16.5. The average molecular weight is 269 g/mol. The second kappa shape index (κ2) is 9.61. The van der Waals surface area contributed by atoms with Crippen LogP contribution >= 0.6 is 0 Å². The second-order valence-electron chi connectivity index (χ2n) is 3.89. The van der Waals surface area contributed by atoms with Crippen LogP contribution < -0.4 is 14.8 Å². The average Bonchev–Trinajstić information content (AvgIpc) is 2.44. The first kappa shape index (κ1) is 15.8. The molecule has 0 saturated heterocycles. The number of hydrogen-bond acceptors (Lipinski definition) is 5. The van der Waals surface area contributed by atoms with Crippen LogP contribution in [0.4, 0.5) is 0 Å². The van der Waals surface area contributed by atoms with Crippen LogP contribution in [0.15, 0.2) is 18.2 Å². The van der Waals surface area contributed by atoms with Crippen LogP contribution in [-0.2, 0) is 11.3 Å². The SMILES string of the molecule is CCOc1c(CNCCOCCO)cccc1OC. The van der Waals surface area contributed by atoms with Crippen molar-refractivity contribution >= 4 is 0 Å². The summed E-state index contributed by atoms with van der Waals surface area (Å²) in [5.41, 5.74) is 1.06. The van der Waals surface area contributed by atoms with Gasteiger partial charge in [0.25, 0.3) is 0 Å². The molecule has 5 heteroatoms. The largest absolute Gasteiger partial charge is 0.493 e. The van der Waals surface area contributed by atoms with Crippen molar-refractivity contribution in [3.05, 3.63) is 23.8 Å². The van der Waals surface area contributed by atoms with Gasteiger partial charge in [0.15, 0.2) is 11.5 Å². The van der Waals surface area contributed by atoms with E-state index in [1.807, 2.05) is 25.1 Å². The fourth-order valence-corrected chi connectivity index (χ4v) is 1.70. The molecular weight excluding hydrogens is 246 g/mol. The number of nitrogens with one attached hydrogen (secondary N) is 1. The van der Waals surface area contributed by atoms with Gasteiger partial charge in [-0.3, -0.25) is 0 Å². The molecule has 19 heavy (non-hydrogen) atoms. The molecule has 0 unspecified atom stereocenters. The number of methoxy groups -OCH3 is 1. The monoisotopic (exact) mass is 269 g/mol. The van der Waals surface area contributed by atoms with Crippen LogP contribution in [-0.4, -0.2) is 45.2 Å². The Bertz CT molecular complexity index is 357. The lowest BCUT2D eigenvalue weighted by Gasteiger charge is -2.14. The standard InChI is InChI=1S/C14H23NO4/c1-3-19-14-12(5-4-6-13(14)17-2)11-15-7-9-18-10-8-16/h4-6,15-16H,3,7-11H2,1-2H3. The van der Waals surface area contributed by atoms with E-state index in [0.29, 0.717) is 26.4 Å². The zero-order valence-corrected chi connectivity index (χ0v) is 11.6. The summed E-state index contributed by atoms with van der Waals surface area (Å²) >= 11 is 0. The molecule has 0 fully saturated rings. The zero-order chi connectivity index (χ0) is 13.9. The number of ether oxygens (including phenoxy) is 3. The molecule has 0 saturated carbocycles. The summed E-state index contributed by atoms with van der Waals surface area (Å²) < 4.78 is 16.1. The minimum atomic E-state index is 0.0599. The number of aliphatic hydroxyl groups is 1. The smallest absolute Gasteiger partial charge is 0.165 e. The van der Waals surface area contributed by atoms with Crippen LogP contribution in [0.5, 0.6) is 11.5 Å². The van der Waals surface area contributed by atoms with Gasteiger partial charge in [0, 0.05) is 18.7 Å². The molecule has 0 spiro atoms. The highest BCUT2D eigenvalue weighted by molar-refractivity contribution is 5.46. The Morgan fingerprint density at radius 3 is 2.79 bits per heavy atom. The van der Waals surface area contributed by atoms with Gasteiger partial charge in [0.2, 0.25) is 0 Å². The lowest BCUT2D eigenvalue weighted by atomic mass is 10.2. The third kappa shape index (κ3) is 5.46. The van der Waals surface area contributed by atoms with Gasteiger partial charge < -0.3 is 24.6 Å². The van der Waals surface area contributed by atoms with Crippen molar-refractivity contribution in [3.63, 3.8) is 0 Å². The quantitative estimate of drug-likeness (QED) is 0.625. The molecular formula is C14H23NO4. The van der Waals surface area contributed by atoms with E-state index in [9.17, 15) is 0 Å². The molecule has 108 valence electrons. The van der Waals surface area contributed by atoms with Gasteiger partial charge >= 0.3 is 0 Å². The minimum absolute atomic E-state index is 0.0599. The van der Waals surface area contributed by atoms with E-state index < -0.39 is 0 Å². The van der Waals surface area contributed by atoms with Gasteiger partial charge in [-0.15, -0.1) is 0 Å². The summed E-state index contributed by atoms with van der Waals surface area (Å²) in [6.45, 7) is 4.99. The van der Waals surface area contributed by atoms with Gasteiger partial charge in [0.1, 0.15) is 0 Å². The summed E-state index contributed by atoms with van der Waals surface area (Å²) in [6, 6.07) is 5.84. The molecule has 1 rings (SSSR count). The van der Waals surface area contributed by atoms with Crippen molar-refractivity contribution in [3.8, 4) is 11.5 Å². The van der Waals surface area contributed by atoms with Gasteiger partial charge in [-0.1, -0.05) is 12.1 Å². The molecule has 5 nitrogen and oxygen atoms in total. The summed E-state index contributed by atoms with van der Waals surface area (Å²) in [5.74, 6) is 1.54. The van der Waals surface area contributed by atoms with Crippen molar-refractivity contribution in [2.45, 2.75) is 13.5 Å². The number of rotatable bonds is 10. The number of aliphatic hydroxyl groups excluding tert-OH is 1. The minimum Gasteiger partial charge on any atom is -0.493 e. The maximum Gasteiger partial charge on any atom is 0.165 e. The van der Waals surface area contributed by atoms with Gasteiger partial charge in [0.05, 0.1) is 33.5 Å². The Labute approximate surface area is 114 Å². The summed E-state index contributed by atoms with van der Waals surface area (Å²) in [5, 5.41) is 11.8.